The average molecular weight is 624 g/mol. The van der Waals surface area contributed by atoms with Crippen LogP contribution in [0.3, 0.4) is 0 Å². The minimum Gasteiger partial charge on any atom is -0.511 e. The van der Waals surface area contributed by atoms with Crippen molar-refractivity contribution in [3.8, 4) is 11.8 Å². The van der Waals surface area contributed by atoms with Crippen LogP contribution in [-0.2, 0) is 9.53 Å². The van der Waals surface area contributed by atoms with E-state index in [2.05, 4.69) is 55.9 Å². The van der Waals surface area contributed by atoms with Gasteiger partial charge in [-0.2, -0.15) is 0 Å². The second kappa shape index (κ2) is 11.8. The first-order valence-corrected chi connectivity index (χ1v) is 16.1. The van der Waals surface area contributed by atoms with Crippen LogP contribution in [0.25, 0.3) is 0 Å². The second-order valence-electron chi connectivity index (χ2n) is 12.6. The van der Waals surface area contributed by atoms with E-state index in [9.17, 15) is 9.90 Å². The molecule has 0 aromatic carbocycles. The number of nitrogens with zero attached hydrogens (tertiary/aromatic N) is 4. The summed E-state index contributed by atoms with van der Waals surface area (Å²) < 4.78 is 5.00. The van der Waals surface area contributed by atoms with E-state index >= 15 is 0 Å². The average Bonchev–Trinajstić information content (AvgIpc) is 3.82. The first-order valence-electron chi connectivity index (χ1n) is 16.1. The second-order valence-corrected chi connectivity index (χ2v) is 12.6. The molecule has 6 heterocycles. The lowest BCUT2D eigenvalue weighted by Crippen LogP contribution is -2.16. The summed E-state index contributed by atoms with van der Waals surface area (Å²) in [6.07, 6.45) is 11.8. The third kappa shape index (κ3) is 5.16. The number of pyridine rings is 1. The molecule has 0 spiro atoms. The number of aliphatic imine (C=N–C) groups is 3. The summed E-state index contributed by atoms with van der Waals surface area (Å²) in [5.41, 5.74) is 14.5. The van der Waals surface area contributed by atoms with Crippen molar-refractivity contribution in [3.63, 3.8) is 0 Å². The van der Waals surface area contributed by atoms with Crippen LogP contribution >= 0.6 is 0 Å². The smallest absolute Gasteiger partial charge is 0.305 e. The predicted molar refractivity (Wildman–Crippen MR) is 184 cm³/mol. The van der Waals surface area contributed by atoms with Gasteiger partial charge >= 0.3 is 5.97 Å². The number of aromatic nitrogens is 1. The topological polar surface area (TPSA) is 109 Å². The number of nitrogens with one attached hydrogen (secondary N) is 1. The van der Waals surface area contributed by atoms with Gasteiger partial charge in [-0.3, -0.25) is 9.78 Å². The number of methoxy groups -OCH3 is 1. The highest BCUT2D eigenvalue weighted by atomic mass is 16.5. The Morgan fingerprint density at radius 1 is 1.04 bits per heavy atom. The summed E-state index contributed by atoms with van der Waals surface area (Å²) in [5.74, 6) is 6.80. The zero-order valence-corrected chi connectivity index (χ0v) is 27.6. The van der Waals surface area contributed by atoms with Gasteiger partial charge in [-0.15, -0.1) is 0 Å². The Labute approximate surface area is 275 Å². The van der Waals surface area contributed by atoms with Crippen LogP contribution in [0.5, 0.6) is 0 Å². The van der Waals surface area contributed by atoms with Crippen LogP contribution in [0.1, 0.15) is 65.9 Å². The molecule has 0 unspecified atom stereocenters. The summed E-state index contributed by atoms with van der Waals surface area (Å²) >= 11 is 0. The third-order valence-electron chi connectivity index (χ3n) is 9.93. The zero-order valence-electron chi connectivity index (χ0n) is 27.6. The summed E-state index contributed by atoms with van der Waals surface area (Å²) in [6, 6.07) is 3.82. The molecule has 0 saturated carbocycles. The van der Waals surface area contributed by atoms with Crippen molar-refractivity contribution in [3.05, 3.63) is 122 Å². The number of hydrogen-bond donors (Lipinski definition) is 2. The normalized spacial score (nSPS) is 22.9. The van der Waals surface area contributed by atoms with Crippen molar-refractivity contribution < 1.29 is 14.6 Å². The van der Waals surface area contributed by atoms with E-state index < -0.39 is 0 Å². The molecule has 8 heteroatoms. The monoisotopic (exact) mass is 623 g/mol. The molecule has 1 aromatic rings. The van der Waals surface area contributed by atoms with E-state index in [4.69, 9.17) is 19.7 Å². The zero-order chi connectivity index (χ0) is 33.0. The van der Waals surface area contributed by atoms with Gasteiger partial charge in [0.2, 0.25) is 0 Å². The molecular weight excluding hydrogens is 586 g/mol. The number of rotatable bonds is 4. The SMILES string of the molecule is CCC1=C(C)C2=NC1=CC1=C(C)C3=C(O)CC(=C4NC(=CC5=NC(=C2)C(C#Cc2cccnc2)=C5C)[C@@H](C)[C@@H]4CCC(=O)OC)C3=N1. The van der Waals surface area contributed by atoms with Crippen molar-refractivity contribution in [1.82, 2.24) is 10.3 Å². The minimum atomic E-state index is -0.244. The molecule has 0 amide bonds. The van der Waals surface area contributed by atoms with E-state index in [1.807, 2.05) is 31.2 Å². The Morgan fingerprint density at radius 2 is 1.83 bits per heavy atom. The third-order valence-corrected chi connectivity index (χ3v) is 9.93. The molecule has 1 aliphatic carbocycles. The lowest BCUT2D eigenvalue weighted by atomic mass is 9.86. The number of carbonyl (C=O) groups excluding carboxylic acids is 1. The van der Waals surface area contributed by atoms with Gasteiger partial charge in [0.25, 0.3) is 0 Å². The Hall–Kier alpha value is -5.29. The van der Waals surface area contributed by atoms with Gasteiger partial charge in [0, 0.05) is 65.2 Å². The molecule has 1 aromatic heterocycles. The number of aliphatic hydroxyl groups excluding tert-OH is 1. The minimum absolute atomic E-state index is 0.00594. The van der Waals surface area contributed by atoms with Crippen LogP contribution in [0.2, 0.25) is 0 Å². The van der Waals surface area contributed by atoms with Crippen LogP contribution < -0.4 is 5.32 Å². The summed E-state index contributed by atoms with van der Waals surface area (Å²) in [4.78, 5) is 31.9. The number of aliphatic hydroxyl groups is 1. The number of hydrogen-bond acceptors (Lipinski definition) is 8. The molecule has 8 bridgehead atoms. The van der Waals surface area contributed by atoms with E-state index in [-0.39, 0.29) is 24.2 Å². The maximum absolute atomic E-state index is 12.3. The van der Waals surface area contributed by atoms with Crippen molar-refractivity contribution in [2.24, 2.45) is 26.8 Å². The van der Waals surface area contributed by atoms with Crippen LogP contribution in [-0.4, -0.2) is 40.3 Å². The fourth-order valence-electron chi connectivity index (χ4n) is 7.21. The summed E-state index contributed by atoms with van der Waals surface area (Å²) in [5, 5.41) is 15.0. The maximum atomic E-state index is 12.3. The van der Waals surface area contributed by atoms with E-state index in [1.54, 1.807) is 12.4 Å². The van der Waals surface area contributed by atoms with Gasteiger partial charge in [0.15, 0.2) is 0 Å². The summed E-state index contributed by atoms with van der Waals surface area (Å²) in [7, 11) is 1.42. The molecule has 2 N–H and O–H groups in total. The van der Waals surface area contributed by atoms with Gasteiger partial charge in [0.1, 0.15) is 5.76 Å². The lowest BCUT2D eigenvalue weighted by molar-refractivity contribution is -0.140. The first-order chi connectivity index (χ1) is 22.7. The molecule has 2 atom stereocenters. The Balaban J connectivity index is 1.45. The predicted octanol–water partition coefficient (Wildman–Crippen LogP) is 7.06. The van der Waals surface area contributed by atoms with Gasteiger partial charge in [-0.05, 0) is 86.3 Å². The highest BCUT2D eigenvalue weighted by molar-refractivity contribution is 6.21. The fourth-order valence-corrected chi connectivity index (χ4v) is 7.21. The Bertz CT molecular complexity index is 2060. The van der Waals surface area contributed by atoms with E-state index in [0.717, 1.165) is 96.6 Å². The molecule has 0 radical (unpaired) electrons. The van der Waals surface area contributed by atoms with Gasteiger partial charge in [-0.1, -0.05) is 25.7 Å². The Kier molecular flexibility index (Phi) is 7.63. The molecule has 1 fully saturated rings. The molecule has 8 nitrogen and oxygen atoms in total. The molecule has 7 rings (SSSR count). The number of fused-ring (bicyclic) bond motifs is 5. The lowest BCUT2D eigenvalue weighted by Gasteiger charge is -2.17. The van der Waals surface area contributed by atoms with Crippen molar-refractivity contribution in [2.75, 3.05) is 7.11 Å². The highest BCUT2D eigenvalue weighted by Gasteiger charge is 2.41. The van der Waals surface area contributed by atoms with Gasteiger partial charge < -0.3 is 15.2 Å². The number of carbonyl (C=O) groups is 1. The van der Waals surface area contributed by atoms with Crippen molar-refractivity contribution in [2.45, 2.75) is 60.3 Å². The standard InChI is InChI=1S/C39H37N5O3/c1-7-25-20(2)30-17-34-26(11-10-24-9-8-14-40-19-24)21(3)29(42-34)16-31-22(4)27(12-13-36(46)47-6)38(43-31)28-15-35(45)37-23(5)32(44-39(28)37)18-33(25)41-30/h8-9,14,16-19,22,27,43,45H,7,12-13,15H2,1-6H3/t22-,27-/m0/s1. The fraction of sp³-hybridized carbons (Fsp3) is 0.308. The van der Waals surface area contributed by atoms with Crippen molar-refractivity contribution >= 4 is 23.1 Å². The number of allylic oxidation sites excluding steroid dienone is 12. The van der Waals surface area contributed by atoms with Gasteiger partial charge in [0.05, 0.1) is 46.9 Å². The van der Waals surface area contributed by atoms with Gasteiger partial charge in [-0.25, -0.2) is 15.0 Å². The van der Waals surface area contributed by atoms with Crippen LogP contribution in [0.15, 0.2) is 131 Å². The molecule has 236 valence electrons. The highest BCUT2D eigenvalue weighted by Crippen LogP contribution is 2.46. The molecule has 5 aliphatic heterocycles. The largest absolute Gasteiger partial charge is 0.511 e. The van der Waals surface area contributed by atoms with E-state index in [0.29, 0.717) is 18.6 Å². The molecular formula is C39H37N5O3. The number of ether oxygens (including phenoxy) is 1. The quantitative estimate of drug-likeness (QED) is 0.276. The molecule has 1 saturated heterocycles. The molecule has 6 aliphatic rings. The van der Waals surface area contributed by atoms with E-state index in [1.165, 1.54) is 7.11 Å². The number of esters is 1. The Morgan fingerprint density at radius 3 is 2.57 bits per heavy atom. The maximum Gasteiger partial charge on any atom is 0.305 e. The van der Waals surface area contributed by atoms with Crippen LogP contribution in [0, 0.1) is 23.7 Å². The van der Waals surface area contributed by atoms with Crippen molar-refractivity contribution in [1.29, 1.82) is 0 Å². The van der Waals surface area contributed by atoms with Crippen LogP contribution in [0.4, 0.5) is 0 Å². The molecule has 47 heavy (non-hydrogen) atoms. The summed E-state index contributed by atoms with van der Waals surface area (Å²) in [6.45, 7) is 10.5. The first kappa shape index (κ1) is 30.4.